The lowest BCUT2D eigenvalue weighted by Gasteiger charge is -2.30. The standard InChI is InChI=1S/C21H31N7O2.HI/c1-14(2)25-19(29)15-7-6-8-16(13-15)26-21(22-3)24-12-10-18-27-20(30-28-18)17-9-4-5-11-23-17;/h4-5,9,11,14-16H,6-8,10,12-13H2,1-3H3,(H,25,29)(H2,22,24,26);1H. The zero-order valence-corrected chi connectivity index (χ0v) is 20.6. The highest BCUT2D eigenvalue weighted by molar-refractivity contribution is 14.0. The van der Waals surface area contributed by atoms with Gasteiger partial charge in [-0.05, 0) is 45.2 Å². The molecule has 10 heteroatoms. The average molecular weight is 541 g/mol. The maximum Gasteiger partial charge on any atom is 0.276 e. The molecule has 0 radical (unpaired) electrons. The Morgan fingerprint density at radius 2 is 2.16 bits per heavy atom. The lowest BCUT2D eigenvalue weighted by Crippen LogP contribution is -2.47. The fourth-order valence-corrected chi connectivity index (χ4v) is 3.59. The van der Waals surface area contributed by atoms with Crippen LogP contribution >= 0.6 is 24.0 Å². The van der Waals surface area contributed by atoms with Gasteiger partial charge in [0.2, 0.25) is 5.91 Å². The minimum Gasteiger partial charge on any atom is -0.356 e. The molecule has 0 aliphatic heterocycles. The van der Waals surface area contributed by atoms with Crippen LogP contribution in [0.25, 0.3) is 11.6 Å². The molecule has 1 fully saturated rings. The van der Waals surface area contributed by atoms with Crippen molar-refractivity contribution in [1.82, 2.24) is 31.1 Å². The van der Waals surface area contributed by atoms with Crippen LogP contribution in [-0.4, -0.2) is 52.7 Å². The third-order valence-corrected chi connectivity index (χ3v) is 5.03. The summed E-state index contributed by atoms with van der Waals surface area (Å²) < 4.78 is 5.28. The molecule has 0 aromatic carbocycles. The highest BCUT2D eigenvalue weighted by Crippen LogP contribution is 2.24. The third-order valence-electron chi connectivity index (χ3n) is 5.03. The molecular formula is C21H32IN7O2. The van der Waals surface area contributed by atoms with Gasteiger partial charge in [-0.15, -0.1) is 24.0 Å². The smallest absolute Gasteiger partial charge is 0.276 e. The van der Waals surface area contributed by atoms with E-state index in [-0.39, 0.29) is 47.9 Å². The fraction of sp³-hybridized carbons (Fsp3) is 0.571. The molecule has 0 spiro atoms. The molecule has 0 saturated heterocycles. The topological polar surface area (TPSA) is 117 Å². The number of nitrogens with one attached hydrogen (secondary N) is 3. The molecule has 3 N–H and O–H groups in total. The summed E-state index contributed by atoms with van der Waals surface area (Å²) in [7, 11) is 1.74. The molecule has 1 aliphatic carbocycles. The van der Waals surface area contributed by atoms with E-state index in [0.717, 1.165) is 31.6 Å². The molecule has 31 heavy (non-hydrogen) atoms. The number of nitrogens with zero attached hydrogens (tertiary/aromatic N) is 4. The molecule has 1 amide bonds. The number of hydrogen-bond acceptors (Lipinski definition) is 6. The Kier molecular flexibility index (Phi) is 10.2. The maximum absolute atomic E-state index is 12.3. The van der Waals surface area contributed by atoms with Gasteiger partial charge in [0.1, 0.15) is 5.69 Å². The number of carbonyl (C=O) groups is 1. The number of aliphatic imine (C=N–C) groups is 1. The van der Waals surface area contributed by atoms with Crippen LogP contribution in [0.2, 0.25) is 0 Å². The maximum atomic E-state index is 12.3. The van der Waals surface area contributed by atoms with Crippen molar-refractivity contribution in [3.63, 3.8) is 0 Å². The van der Waals surface area contributed by atoms with E-state index in [1.54, 1.807) is 13.2 Å². The SMILES string of the molecule is CN=C(NCCc1noc(-c2ccccn2)n1)NC1CCCC(C(=O)NC(C)C)C1.I. The van der Waals surface area contributed by atoms with Gasteiger partial charge >= 0.3 is 0 Å². The normalized spacial score (nSPS) is 18.9. The van der Waals surface area contributed by atoms with Crippen molar-refractivity contribution in [1.29, 1.82) is 0 Å². The van der Waals surface area contributed by atoms with Crippen molar-refractivity contribution in [2.45, 2.75) is 58.0 Å². The van der Waals surface area contributed by atoms with E-state index in [2.05, 4.69) is 36.1 Å². The molecule has 1 saturated carbocycles. The molecule has 1 aliphatic rings. The summed E-state index contributed by atoms with van der Waals surface area (Å²) in [6.07, 6.45) is 6.12. The molecule has 2 atom stereocenters. The van der Waals surface area contributed by atoms with Gasteiger partial charge in [0, 0.05) is 44.2 Å². The zero-order chi connectivity index (χ0) is 21.3. The van der Waals surface area contributed by atoms with Gasteiger partial charge in [0.25, 0.3) is 5.89 Å². The van der Waals surface area contributed by atoms with Gasteiger partial charge in [-0.2, -0.15) is 4.98 Å². The van der Waals surface area contributed by atoms with Gasteiger partial charge in [0.15, 0.2) is 11.8 Å². The molecular weight excluding hydrogens is 509 g/mol. The highest BCUT2D eigenvalue weighted by atomic mass is 127. The number of guanidine groups is 1. The van der Waals surface area contributed by atoms with Gasteiger partial charge in [0.05, 0.1) is 0 Å². The van der Waals surface area contributed by atoms with Crippen LogP contribution in [0.3, 0.4) is 0 Å². The Balaban J connectivity index is 0.00000341. The molecule has 170 valence electrons. The fourth-order valence-electron chi connectivity index (χ4n) is 3.59. The first-order valence-electron chi connectivity index (χ1n) is 10.6. The quantitative estimate of drug-likeness (QED) is 0.280. The summed E-state index contributed by atoms with van der Waals surface area (Å²) in [5.74, 6) is 1.96. The van der Waals surface area contributed by atoms with Crippen LogP contribution in [0.5, 0.6) is 0 Å². The third kappa shape index (κ3) is 7.75. The molecule has 0 bridgehead atoms. The van der Waals surface area contributed by atoms with Crippen molar-refractivity contribution in [3.8, 4) is 11.6 Å². The number of rotatable bonds is 7. The summed E-state index contributed by atoms with van der Waals surface area (Å²) in [5.41, 5.74) is 0.662. The largest absolute Gasteiger partial charge is 0.356 e. The Morgan fingerprint density at radius 1 is 1.32 bits per heavy atom. The molecule has 2 aromatic rings. The number of hydrogen-bond donors (Lipinski definition) is 3. The van der Waals surface area contributed by atoms with Crippen LogP contribution < -0.4 is 16.0 Å². The van der Waals surface area contributed by atoms with Crippen LogP contribution in [0.1, 0.15) is 45.4 Å². The molecule has 2 aromatic heterocycles. The van der Waals surface area contributed by atoms with Gasteiger partial charge < -0.3 is 20.5 Å². The molecule has 9 nitrogen and oxygen atoms in total. The van der Waals surface area contributed by atoms with Crippen LogP contribution in [-0.2, 0) is 11.2 Å². The average Bonchev–Trinajstić information content (AvgIpc) is 3.22. The van der Waals surface area contributed by atoms with E-state index in [9.17, 15) is 4.79 Å². The predicted molar refractivity (Wildman–Crippen MR) is 130 cm³/mol. The van der Waals surface area contributed by atoms with Crippen molar-refractivity contribution < 1.29 is 9.32 Å². The lowest BCUT2D eigenvalue weighted by atomic mass is 9.85. The molecule has 2 heterocycles. The van der Waals surface area contributed by atoms with E-state index >= 15 is 0 Å². The number of amides is 1. The van der Waals surface area contributed by atoms with E-state index in [1.807, 2.05) is 32.0 Å². The predicted octanol–water partition coefficient (Wildman–Crippen LogP) is 2.54. The van der Waals surface area contributed by atoms with Gasteiger partial charge in [-0.25, -0.2) is 0 Å². The molecule has 2 unspecified atom stereocenters. The molecule has 3 rings (SSSR count). The summed E-state index contributed by atoms with van der Waals surface area (Å²) in [6, 6.07) is 5.96. The van der Waals surface area contributed by atoms with E-state index in [0.29, 0.717) is 30.4 Å². The minimum atomic E-state index is 0. The second-order valence-corrected chi connectivity index (χ2v) is 7.85. The lowest BCUT2D eigenvalue weighted by molar-refractivity contribution is -0.126. The van der Waals surface area contributed by atoms with Crippen LogP contribution in [0, 0.1) is 5.92 Å². The minimum absolute atomic E-state index is 0. The first kappa shape index (κ1) is 25.0. The van der Waals surface area contributed by atoms with Crippen molar-refractivity contribution in [2.75, 3.05) is 13.6 Å². The Hall–Kier alpha value is -2.24. The van der Waals surface area contributed by atoms with E-state index in [4.69, 9.17) is 4.52 Å². The summed E-state index contributed by atoms with van der Waals surface area (Å²) in [4.78, 5) is 25.2. The summed E-state index contributed by atoms with van der Waals surface area (Å²) >= 11 is 0. The van der Waals surface area contributed by atoms with Gasteiger partial charge in [-0.3, -0.25) is 14.8 Å². The summed E-state index contributed by atoms with van der Waals surface area (Å²) in [6.45, 7) is 4.60. The number of halogens is 1. The van der Waals surface area contributed by atoms with Crippen molar-refractivity contribution in [2.24, 2.45) is 10.9 Å². The Morgan fingerprint density at radius 3 is 2.87 bits per heavy atom. The van der Waals surface area contributed by atoms with E-state index < -0.39 is 0 Å². The number of aromatic nitrogens is 3. The monoisotopic (exact) mass is 541 g/mol. The Labute approximate surface area is 200 Å². The van der Waals surface area contributed by atoms with Crippen LogP contribution in [0.15, 0.2) is 33.9 Å². The van der Waals surface area contributed by atoms with Crippen molar-refractivity contribution in [3.05, 3.63) is 30.2 Å². The first-order chi connectivity index (χ1) is 14.5. The van der Waals surface area contributed by atoms with Gasteiger partial charge in [-0.1, -0.05) is 17.6 Å². The highest BCUT2D eigenvalue weighted by Gasteiger charge is 2.28. The second kappa shape index (κ2) is 12.6. The Bertz CT molecular complexity index is 841. The first-order valence-corrected chi connectivity index (χ1v) is 10.6. The van der Waals surface area contributed by atoms with E-state index in [1.165, 1.54) is 0 Å². The van der Waals surface area contributed by atoms with Crippen molar-refractivity contribution >= 4 is 35.8 Å². The summed E-state index contributed by atoms with van der Waals surface area (Å²) in [5, 5.41) is 13.8. The number of carbonyl (C=O) groups excluding carboxylic acids is 1. The van der Waals surface area contributed by atoms with Crippen LogP contribution in [0.4, 0.5) is 0 Å². The second-order valence-electron chi connectivity index (χ2n) is 7.85. The zero-order valence-electron chi connectivity index (χ0n) is 18.3. The number of pyridine rings is 1.